The molecule has 2 amide bonds. The van der Waals surface area contributed by atoms with Crippen LogP contribution in [0.1, 0.15) is 71.4 Å². The Morgan fingerprint density at radius 3 is 2.31 bits per heavy atom. The van der Waals surface area contributed by atoms with Gasteiger partial charge in [0.2, 0.25) is 0 Å². The summed E-state index contributed by atoms with van der Waals surface area (Å²) >= 11 is 0. The Balaban J connectivity index is 1.86. The number of aryl methyl sites for hydroxylation is 1. The van der Waals surface area contributed by atoms with Crippen LogP contribution in [0.2, 0.25) is 0 Å². The van der Waals surface area contributed by atoms with E-state index < -0.39 is 35.8 Å². The number of likely N-dealkylation sites (tertiary alicyclic amines) is 1. The first kappa shape index (κ1) is 33.6. The molecule has 0 spiro atoms. The molecule has 0 unspecified atom stereocenters. The summed E-state index contributed by atoms with van der Waals surface area (Å²) in [7, 11) is 1.61. The minimum absolute atomic E-state index is 0.102. The first-order valence-electron chi connectivity index (χ1n) is 14.8. The summed E-state index contributed by atoms with van der Waals surface area (Å²) in [5.74, 6) is -2.31. The van der Waals surface area contributed by atoms with Gasteiger partial charge in [-0.15, -0.1) is 0 Å². The van der Waals surface area contributed by atoms with E-state index in [0.29, 0.717) is 30.8 Å². The van der Waals surface area contributed by atoms with Gasteiger partial charge in [0.15, 0.2) is 0 Å². The van der Waals surface area contributed by atoms with Crippen LogP contribution in [0.3, 0.4) is 0 Å². The average Bonchev–Trinajstić information content (AvgIpc) is 3.37. The summed E-state index contributed by atoms with van der Waals surface area (Å²) in [6.07, 6.45) is 0.619. The van der Waals surface area contributed by atoms with Crippen molar-refractivity contribution >= 4 is 11.8 Å². The normalized spacial score (nSPS) is 17.6. The number of ether oxygens (including phenoxy) is 1. The van der Waals surface area contributed by atoms with E-state index in [9.17, 15) is 28.6 Å². The second kappa shape index (κ2) is 16.1. The highest BCUT2D eigenvalue weighted by molar-refractivity contribution is 6.00. The molecule has 0 aromatic heterocycles. The molecule has 1 saturated heterocycles. The molecule has 10 heteroatoms. The Morgan fingerprint density at radius 2 is 1.69 bits per heavy atom. The summed E-state index contributed by atoms with van der Waals surface area (Å²) in [4.78, 5) is 30.6. The fourth-order valence-electron chi connectivity index (χ4n) is 5.70. The Hall–Kier alpha value is -2.92. The van der Waals surface area contributed by atoms with E-state index in [-0.39, 0.29) is 36.0 Å². The van der Waals surface area contributed by atoms with E-state index >= 15 is 0 Å². The number of halogens is 2. The van der Waals surface area contributed by atoms with E-state index in [2.05, 4.69) is 5.32 Å². The summed E-state index contributed by atoms with van der Waals surface area (Å²) in [5, 5.41) is 25.1. The third-order valence-corrected chi connectivity index (χ3v) is 7.64. The van der Waals surface area contributed by atoms with E-state index in [1.807, 2.05) is 18.7 Å². The van der Waals surface area contributed by atoms with Gasteiger partial charge in [-0.3, -0.25) is 14.5 Å². The van der Waals surface area contributed by atoms with Gasteiger partial charge in [0, 0.05) is 50.0 Å². The molecule has 0 saturated carbocycles. The number of aliphatic hydroxyl groups excluding tert-OH is 2. The number of aliphatic hydroxyl groups is 2. The smallest absolute Gasteiger partial charge is 0.253 e. The number of carbonyl (C=O) groups excluding carboxylic acids is 2. The molecule has 8 nitrogen and oxygen atoms in total. The zero-order chi connectivity index (χ0) is 30.8. The number of hydrogen-bond donors (Lipinski definition) is 3. The van der Waals surface area contributed by atoms with Gasteiger partial charge < -0.3 is 25.2 Å². The van der Waals surface area contributed by atoms with E-state index in [4.69, 9.17) is 4.74 Å². The van der Waals surface area contributed by atoms with Crippen LogP contribution in [0.5, 0.6) is 0 Å². The lowest BCUT2D eigenvalue weighted by atomic mass is 9.96. The summed E-state index contributed by atoms with van der Waals surface area (Å²) in [6, 6.07) is 6.93. The van der Waals surface area contributed by atoms with Crippen LogP contribution in [0.25, 0.3) is 0 Å². The van der Waals surface area contributed by atoms with Gasteiger partial charge in [0.1, 0.15) is 17.7 Å². The minimum Gasteiger partial charge on any atom is -0.389 e. The molecule has 4 atom stereocenters. The topological polar surface area (TPSA) is 102 Å². The number of benzene rings is 2. The van der Waals surface area contributed by atoms with Crippen molar-refractivity contribution in [1.82, 2.24) is 15.1 Å². The fraction of sp³-hybridized carbons (Fsp3) is 0.562. The SMILES string of the molecule is CCCN(CCC)C(=O)c1cc(C)cc(C(=O)N[C@@H](Cc2cc(F)cc(F)c2)[C@@H](O)[C@@H](O)CN2CCC[C@H]2COC)c1. The highest BCUT2D eigenvalue weighted by Gasteiger charge is 2.33. The standard InChI is InChI=1S/C32H45F2N3O5/c1-5-9-36(10-6-2)32(41)24-13-21(3)12-23(17-24)31(40)35-28(16-22-14-25(33)18-26(34)15-22)30(39)29(38)19-37-11-7-8-27(37)20-42-4/h12-15,17-18,27-30,38-39H,5-11,16,19-20H2,1-4H3,(H,35,40)/t27-,28-,29-,30+/m0/s1. The Labute approximate surface area is 247 Å². The van der Waals surface area contributed by atoms with Crippen molar-refractivity contribution in [2.75, 3.05) is 39.9 Å². The van der Waals surface area contributed by atoms with Crippen molar-refractivity contribution in [3.63, 3.8) is 0 Å². The summed E-state index contributed by atoms with van der Waals surface area (Å²) < 4.78 is 33.3. The van der Waals surface area contributed by atoms with E-state index in [0.717, 1.165) is 50.4 Å². The molecular formula is C32H45F2N3O5. The number of methoxy groups -OCH3 is 1. The predicted molar refractivity (Wildman–Crippen MR) is 157 cm³/mol. The van der Waals surface area contributed by atoms with Crippen LogP contribution in [0.4, 0.5) is 8.78 Å². The zero-order valence-electron chi connectivity index (χ0n) is 25.1. The molecule has 1 heterocycles. The summed E-state index contributed by atoms with van der Waals surface area (Å²) in [6.45, 7) is 8.35. The molecule has 0 radical (unpaired) electrons. The molecule has 1 aliphatic heterocycles. The molecule has 1 fully saturated rings. The number of rotatable bonds is 15. The largest absolute Gasteiger partial charge is 0.389 e. The number of hydrogen-bond acceptors (Lipinski definition) is 6. The van der Waals surface area contributed by atoms with Crippen LogP contribution in [0.15, 0.2) is 36.4 Å². The van der Waals surface area contributed by atoms with Crippen molar-refractivity contribution in [1.29, 1.82) is 0 Å². The van der Waals surface area contributed by atoms with Crippen molar-refractivity contribution in [3.05, 3.63) is 70.3 Å². The number of amides is 2. The lowest BCUT2D eigenvalue weighted by Crippen LogP contribution is -2.53. The molecule has 0 bridgehead atoms. The molecule has 0 aliphatic carbocycles. The second-order valence-electron chi connectivity index (χ2n) is 11.2. The minimum atomic E-state index is -1.44. The van der Waals surface area contributed by atoms with Crippen LogP contribution in [-0.4, -0.2) is 96.0 Å². The number of nitrogens with zero attached hydrogens (tertiary/aromatic N) is 2. The molecule has 42 heavy (non-hydrogen) atoms. The van der Waals surface area contributed by atoms with Gasteiger partial charge >= 0.3 is 0 Å². The Bertz CT molecular complexity index is 1170. The van der Waals surface area contributed by atoms with E-state index in [1.54, 1.807) is 31.1 Å². The van der Waals surface area contributed by atoms with Crippen molar-refractivity contribution in [2.45, 2.75) is 77.2 Å². The molecule has 232 valence electrons. The molecule has 3 rings (SSSR count). The first-order valence-corrected chi connectivity index (χ1v) is 14.8. The Morgan fingerprint density at radius 1 is 1.05 bits per heavy atom. The predicted octanol–water partition coefficient (Wildman–Crippen LogP) is 3.71. The third kappa shape index (κ3) is 9.29. The summed E-state index contributed by atoms with van der Waals surface area (Å²) in [5.41, 5.74) is 1.52. The maximum Gasteiger partial charge on any atom is 0.253 e. The first-order chi connectivity index (χ1) is 20.1. The maximum absolute atomic E-state index is 14.0. The highest BCUT2D eigenvalue weighted by atomic mass is 19.1. The van der Waals surface area contributed by atoms with Gasteiger partial charge in [-0.25, -0.2) is 8.78 Å². The van der Waals surface area contributed by atoms with E-state index in [1.165, 1.54) is 6.07 Å². The van der Waals surface area contributed by atoms with Gasteiger partial charge in [0.05, 0.1) is 18.8 Å². The van der Waals surface area contributed by atoms with Gasteiger partial charge in [-0.2, -0.15) is 0 Å². The molecule has 3 N–H and O–H groups in total. The molecule has 2 aromatic rings. The number of nitrogens with one attached hydrogen (secondary N) is 1. The molecule has 1 aliphatic rings. The monoisotopic (exact) mass is 589 g/mol. The van der Waals surface area contributed by atoms with Crippen LogP contribution < -0.4 is 5.32 Å². The second-order valence-corrected chi connectivity index (χ2v) is 11.2. The van der Waals surface area contributed by atoms with Crippen molar-refractivity contribution in [3.8, 4) is 0 Å². The highest BCUT2D eigenvalue weighted by Crippen LogP contribution is 2.21. The van der Waals surface area contributed by atoms with Crippen LogP contribution >= 0.6 is 0 Å². The molecular weight excluding hydrogens is 544 g/mol. The van der Waals surface area contributed by atoms with Crippen LogP contribution in [0, 0.1) is 18.6 Å². The van der Waals surface area contributed by atoms with Crippen molar-refractivity contribution in [2.24, 2.45) is 0 Å². The maximum atomic E-state index is 14.0. The van der Waals surface area contributed by atoms with Gasteiger partial charge in [-0.05, 0) is 87.0 Å². The lowest BCUT2D eigenvalue weighted by Gasteiger charge is -2.32. The average molecular weight is 590 g/mol. The lowest BCUT2D eigenvalue weighted by molar-refractivity contribution is -0.0267. The number of carbonyl (C=O) groups is 2. The van der Waals surface area contributed by atoms with Gasteiger partial charge in [-0.1, -0.05) is 13.8 Å². The molecule has 2 aromatic carbocycles. The zero-order valence-corrected chi connectivity index (χ0v) is 25.1. The number of β-amino-alcohol motifs (C(OH)–C–C–N with tert-alkyl or cyclic N) is 1. The fourth-order valence-corrected chi connectivity index (χ4v) is 5.70. The Kier molecular flexibility index (Phi) is 12.8. The quantitative estimate of drug-likeness (QED) is 0.293. The third-order valence-electron chi connectivity index (χ3n) is 7.64. The van der Waals surface area contributed by atoms with Crippen LogP contribution in [-0.2, 0) is 11.2 Å². The van der Waals surface area contributed by atoms with Crippen molar-refractivity contribution < 1.29 is 33.3 Å². The van der Waals surface area contributed by atoms with Gasteiger partial charge in [0.25, 0.3) is 11.8 Å².